The molecule has 1 aromatic heterocycles. The normalized spacial score (nSPS) is 19.4. The van der Waals surface area contributed by atoms with Gasteiger partial charge in [0.25, 0.3) is 11.8 Å². The molecule has 0 unspecified atom stereocenters. The van der Waals surface area contributed by atoms with E-state index in [2.05, 4.69) is 23.5 Å². The summed E-state index contributed by atoms with van der Waals surface area (Å²) >= 11 is 0. The second kappa shape index (κ2) is 9.77. The molecular weight excluding hydrogens is 448 g/mol. The van der Waals surface area contributed by atoms with E-state index in [1.807, 2.05) is 0 Å². The van der Waals surface area contributed by atoms with Gasteiger partial charge >= 0.3 is 6.16 Å². The van der Waals surface area contributed by atoms with Gasteiger partial charge in [-0.05, 0) is 51.0 Å². The predicted molar refractivity (Wildman–Crippen MR) is 121 cm³/mol. The van der Waals surface area contributed by atoms with Gasteiger partial charge in [0.2, 0.25) is 0 Å². The van der Waals surface area contributed by atoms with E-state index in [1.165, 1.54) is 12.0 Å². The number of rotatable bonds is 5. The number of ether oxygens (including phenoxy) is 2. The van der Waals surface area contributed by atoms with E-state index < -0.39 is 30.8 Å². The van der Waals surface area contributed by atoms with Crippen LogP contribution in [-0.4, -0.2) is 77.9 Å². The first kappa shape index (κ1) is 24.3. The molecule has 0 atom stereocenters. The minimum atomic E-state index is -2.77. The molecule has 34 heavy (non-hydrogen) atoms. The molecule has 0 radical (unpaired) electrons. The van der Waals surface area contributed by atoms with Gasteiger partial charge in [-0.25, -0.2) is 13.6 Å². The minimum Gasteiger partial charge on any atom is -0.490 e. The lowest BCUT2D eigenvalue weighted by molar-refractivity contribution is -0.0497. The van der Waals surface area contributed by atoms with Crippen LogP contribution in [0.1, 0.15) is 50.0 Å². The Balaban J connectivity index is 1.56. The van der Waals surface area contributed by atoms with Gasteiger partial charge in [-0.15, -0.1) is 0 Å². The number of fused-ring (bicyclic) bond motifs is 1. The quantitative estimate of drug-likeness (QED) is 0.605. The molecule has 3 heterocycles. The van der Waals surface area contributed by atoms with Gasteiger partial charge in [-0.3, -0.25) is 4.79 Å². The van der Waals surface area contributed by atoms with E-state index in [-0.39, 0.29) is 24.9 Å². The first-order valence-electron chi connectivity index (χ1n) is 11.7. The fraction of sp³-hybridized carbons (Fsp3) is 0.583. The number of amides is 1. The van der Waals surface area contributed by atoms with Crippen LogP contribution >= 0.6 is 0 Å². The fourth-order valence-corrected chi connectivity index (χ4v) is 4.50. The van der Waals surface area contributed by atoms with Gasteiger partial charge in [0.1, 0.15) is 17.5 Å². The Bertz CT molecular complexity index is 1040. The Labute approximate surface area is 197 Å². The van der Waals surface area contributed by atoms with Crippen molar-refractivity contribution < 1.29 is 32.7 Å². The summed E-state index contributed by atoms with van der Waals surface area (Å²) < 4.78 is 39.0. The molecule has 2 aromatic rings. The van der Waals surface area contributed by atoms with Crippen LogP contribution in [0.5, 0.6) is 5.75 Å². The Morgan fingerprint density at radius 2 is 1.74 bits per heavy atom. The van der Waals surface area contributed by atoms with Crippen LogP contribution in [0.2, 0.25) is 0 Å². The van der Waals surface area contributed by atoms with Crippen molar-refractivity contribution in [1.82, 2.24) is 14.5 Å². The summed E-state index contributed by atoms with van der Waals surface area (Å²) in [6, 6.07) is 7.36. The lowest BCUT2D eigenvalue weighted by Gasteiger charge is -2.34. The molecule has 4 rings (SSSR count). The van der Waals surface area contributed by atoms with E-state index in [1.54, 1.807) is 24.3 Å². The number of nitrogens with zero attached hydrogens (tertiary/aromatic N) is 3. The maximum atomic E-state index is 13.6. The monoisotopic (exact) mass is 479 g/mol. The zero-order valence-electron chi connectivity index (χ0n) is 19.8. The molecule has 0 saturated carbocycles. The standard InChI is InChI=1S/C24H31F2N3O5/c1-16(2)27-10-6-18(7-11-27)33-19-4-5-20-17(14-19)15-21(29(20)34-23(31)32-3)22(30)28-12-8-24(25,26)9-13-28/h4-5,14-16,18H,6-13H2,1-3H3. The molecule has 1 aromatic carbocycles. The molecule has 0 spiro atoms. The van der Waals surface area contributed by atoms with Gasteiger partial charge in [0.15, 0.2) is 0 Å². The molecule has 0 N–H and O–H groups in total. The van der Waals surface area contributed by atoms with E-state index in [0.717, 1.165) is 30.7 Å². The second-order valence-corrected chi connectivity index (χ2v) is 9.19. The molecule has 2 fully saturated rings. The van der Waals surface area contributed by atoms with Gasteiger partial charge in [0.05, 0.1) is 12.6 Å². The van der Waals surface area contributed by atoms with E-state index in [9.17, 15) is 18.4 Å². The number of likely N-dealkylation sites (tertiary alicyclic amines) is 2. The van der Waals surface area contributed by atoms with Crippen molar-refractivity contribution in [3.8, 4) is 5.75 Å². The molecule has 186 valence electrons. The lowest BCUT2D eigenvalue weighted by atomic mass is 10.1. The number of piperidine rings is 2. The number of hydrogen-bond donors (Lipinski definition) is 0. The van der Waals surface area contributed by atoms with Gasteiger partial charge in [-0.1, -0.05) is 0 Å². The number of methoxy groups -OCH3 is 1. The first-order chi connectivity index (χ1) is 16.2. The fourth-order valence-electron chi connectivity index (χ4n) is 4.50. The van der Waals surface area contributed by atoms with Crippen molar-refractivity contribution in [1.29, 1.82) is 0 Å². The minimum absolute atomic E-state index is 0.0630. The number of halogens is 2. The second-order valence-electron chi connectivity index (χ2n) is 9.19. The summed E-state index contributed by atoms with van der Waals surface area (Å²) in [7, 11) is 1.17. The SMILES string of the molecule is COC(=O)On1c(C(=O)N2CCC(F)(F)CC2)cc2cc(OC3CCN(C(C)C)CC3)ccc21. The van der Waals surface area contributed by atoms with E-state index >= 15 is 0 Å². The lowest BCUT2D eigenvalue weighted by Crippen LogP contribution is -2.43. The van der Waals surface area contributed by atoms with Crippen LogP contribution in [0, 0.1) is 0 Å². The van der Waals surface area contributed by atoms with Crippen LogP contribution in [0.3, 0.4) is 0 Å². The van der Waals surface area contributed by atoms with Crippen LogP contribution in [0.4, 0.5) is 13.6 Å². The smallest absolute Gasteiger partial charge is 0.490 e. The molecule has 0 bridgehead atoms. The highest BCUT2D eigenvalue weighted by Gasteiger charge is 2.37. The highest BCUT2D eigenvalue weighted by atomic mass is 19.3. The highest BCUT2D eigenvalue weighted by molar-refractivity contribution is 5.99. The third kappa shape index (κ3) is 5.27. The molecule has 10 heteroatoms. The predicted octanol–water partition coefficient (Wildman–Crippen LogP) is 3.96. The summed E-state index contributed by atoms with van der Waals surface area (Å²) in [5.74, 6) is -2.61. The number of benzene rings is 1. The Kier molecular flexibility index (Phi) is 6.97. The summed E-state index contributed by atoms with van der Waals surface area (Å²) in [6.45, 7) is 6.17. The van der Waals surface area contributed by atoms with Crippen molar-refractivity contribution in [3.63, 3.8) is 0 Å². The van der Waals surface area contributed by atoms with Crippen molar-refractivity contribution in [3.05, 3.63) is 30.0 Å². The van der Waals surface area contributed by atoms with Crippen molar-refractivity contribution in [2.75, 3.05) is 33.3 Å². The first-order valence-corrected chi connectivity index (χ1v) is 11.7. The van der Waals surface area contributed by atoms with Crippen LogP contribution < -0.4 is 9.57 Å². The van der Waals surface area contributed by atoms with E-state index in [4.69, 9.17) is 9.57 Å². The van der Waals surface area contributed by atoms with Gasteiger partial charge < -0.3 is 24.1 Å². The summed E-state index contributed by atoms with van der Waals surface area (Å²) in [5, 5.41) is 0.631. The van der Waals surface area contributed by atoms with Gasteiger partial charge in [0, 0.05) is 50.4 Å². The Morgan fingerprint density at radius 1 is 1.06 bits per heavy atom. The highest BCUT2D eigenvalue weighted by Crippen LogP contribution is 2.31. The van der Waals surface area contributed by atoms with E-state index in [0.29, 0.717) is 22.7 Å². The van der Waals surface area contributed by atoms with Crippen LogP contribution in [0.15, 0.2) is 24.3 Å². The summed E-state index contributed by atoms with van der Waals surface area (Å²) in [5.41, 5.74) is 0.533. The molecule has 8 nitrogen and oxygen atoms in total. The number of hydrogen-bond acceptors (Lipinski definition) is 6. The third-order valence-electron chi connectivity index (χ3n) is 6.57. The zero-order chi connectivity index (χ0) is 24.5. The zero-order valence-corrected chi connectivity index (χ0v) is 19.8. The Morgan fingerprint density at radius 3 is 2.35 bits per heavy atom. The maximum absolute atomic E-state index is 13.6. The van der Waals surface area contributed by atoms with Crippen LogP contribution in [0.25, 0.3) is 10.9 Å². The topological polar surface area (TPSA) is 73.2 Å². The maximum Gasteiger partial charge on any atom is 0.533 e. The number of aromatic nitrogens is 1. The van der Waals surface area contributed by atoms with Crippen molar-refractivity contribution >= 4 is 23.0 Å². The Hall–Kier alpha value is -2.88. The number of carbonyl (C=O) groups excluding carboxylic acids is 2. The molecule has 2 aliphatic heterocycles. The molecule has 2 saturated heterocycles. The summed E-state index contributed by atoms with van der Waals surface area (Å²) in [6.07, 6.45) is 0.151. The van der Waals surface area contributed by atoms with Crippen molar-refractivity contribution in [2.24, 2.45) is 0 Å². The third-order valence-corrected chi connectivity index (χ3v) is 6.57. The number of carbonyl (C=O) groups is 2. The molecule has 1 amide bonds. The number of alkyl halides is 2. The van der Waals surface area contributed by atoms with Gasteiger partial charge in [-0.2, -0.15) is 4.73 Å². The van der Waals surface area contributed by atoms with Crippen LogP contribution in [-0.2, 0) is 4.74 Å². The molecular formula is C24H31F2N3O5. The van der Waals surface area contributed by atoms with Crippen molar-refractivity contribution in [2.45, 2.75) is 57.6 Å². The molecule has 2 aliphatic rings. The average Bonchev–Trinajstić information content (AvgIpc) is 3.16. The average molecular weight is 480 g/mol. The molecule has 0 aliphatic carbocycles. The largest absolute Gasteiger partial charge is 0.533 e. The summed E-state index contributed by atoms with van der Waals surface area (Å²) in [4.78, 5) is 34.0.